The topological polar surface area (TPSA) is 34.1 Å². The summed E-state index contributed by atoms with van der Waals surface area (Å²) in [5.41, 5.74) is 1.12. The third kappa shape index (κ3) is 5.35. The fourth-order valence-corrected chi connectivity index (χ4v) is 3.38. The Morgan fingerprint density at radius 1 is 1.14 bits per heavy atom. The zero-order valence-electron chi connectivity index (χ0n) is 14.8. The normalized spacial score (nSPS) is 15.2. The van der Waals surface area contributed by atoms with Gasteiger partial charge in [-0.3, -0.25) is 0 Å². The Morgan fingerprint density at radius 2 is 1.81 bits per heavy atom. The van der Waals surface area contributed by atoms with Crippen LogP contribution >= 0.6 is 11.3 Å². The number of aryl methyl sites for hydroxylation is 1. The van der Waals surface area contributed by atoms with Crippen molar-refractivity contribution < 1.29 is 4.74 Å². The van der Waals surface area contributed by atoms with Gasteiger partial charge < -0.3 is 10.1 Å². The zero-order chi connectivity index (χ0) is 16.1. The minimum absolute atomic E-state index is 0.127. The minimum atomic E-state index is -0.248. The number of hydrogen-bond donors (Lipinski definition) is 1. The van der Waals surface area contributed by atoms with Gasteiger partial charge in [0.15, 0.2) is 0 Å². The van der Waals surface area contributed by atoms with Crippen molar-refractivity contribution in [2.75, 3.05) is 6.61 Å². The summed E-state index contributed by atoms with van der Waals surface area (Å²) >= 11 is 1.81. The molecule has 0 amide bonds. The van der Waals surface area contributed by atoms with Gasteiger partial charge in [-0.1, -0.05) is 20.3 Å². The van der Waals surface area contributed by atoms with Crippen LogP contribution in [0.2, 0.25) is 0 Å². The molecule has 0 aromatic carbocycles. The quantitative estimate of drug-likeness (QED) is 0.759. The molecular weight excluding hydrogens is 280 g/mol. The molecule has 1 heterocycles. The van der Waals surface area contributed by atoms with Gasteiger partial charge in [0.1, 0.15) is 10.6 Å². The summed E-state index contributed by atoms with van der Waals surface area (Å²) in [4.78, 5) is 6.28. The van der Waals surface area contributed by atoms with E-state index in [-0.39, 0.29) is 11.1 Å². The summed E-state index contributed by atoms with van der Waals surface area (Å²) in [6, 6.07) is 0. The fraction of sp³-hybridized carbons (Fsp3) is 0.824. The third-order valence-electron chi connectivity index (χ3n) is 3.63. The standard InChI is InChI=1S/C17H32N2OS/c1-8-11-13-14(12-18-16(4,5)6)21-15(19-13)17(7,9-2)20-10-3/h18H,8-12H2,1-7H3. The Kier molecular flexibility index (Phi) is 6.82. The van der Waals surface area contributed by atoms with E-state index in [0.717, 1.165) is 37.4 Å². The molecule has 0 saturated carbocycles. The van der Waals surface area contributed by atoms with Crippen molar-refractivity contribution >= 4 is 11.3 Å². The summed E-state index contributed by atoms with van der Waals surface area (Å²) < 4.78 is 5.98. The minimum Gasteiger partial charge on any atom is -0.368 e. The first kappa shape index (κ1) is 18.6. The molecule has 0 aliphatic rings. The molecule has 1 unspecified atom stereocenters. The lowest BCUT2D eigenvalue weighted by atomic mass is 10.0. The molecule has 1 N–H and O–H groups in total. The van der Waals surface area contributed by atoms with E-state index < -0.39 is 0 Å². The number of ether oxygens (including phenoxy) is 1. The highest BCUT2D eigenvalue weighted by Gasteiger charge is 2.30. The Labute approximate surface area is 134 Å². The van der Waals surface area contributed by atoms with Crippen LogP contribution in [0.15, 0.2) is 0 Å². The highest BCUT2D eigenvalue weighted by atomic mass is 32.1. The van der Waals surface area contributed by atoms with Crippen molar-refractivity contribution in [3.8, 4) is 0 Å². The Bertz CT molecular complexity index is 436. The second kappa shape index (κ2) is 7.70. The first-order valence-corrected chi connectivity index (χ1v) is 8.95. The average Bonchev–Trinajstić information content (AvgIpc) is 2.80. The van der Waals surface area contributed by atoms with Crippen molar-refractivity contribution in [3.05, 3.63) is 15.6 Å². The second-order valence-electron chi connectivity index (χ2n) is 6.76. The molecule has 122 valence electrons. The molecule has 4 heteroatoms. The number of aromatic nitrogens is 1. The van der Waals surface area contributed by atoms with E-state index in [1.807, 2.05) is 11.3 Å². The summed E-state index contributed by atoms with van der Waals surface area (Å²) in [5.74, 6) is 0. The molecule has 0 bridgehead atoms. The molecule has 0 fully saturated rings. The maximum Gasteiger partial charge on any atom is 0.125 e. The molecule has 1 rings (SSSR count). The smallest absolute Gasteiger partial charge is 0.125 e. The SMILES string of the molecule is CCCc1nc(C(C)(CC)OCC)sc1CNC(C)(C)C. The molecule has 1 atom stereocenters. The molecule has 0 spiro atoms. The van der Waals surface area contributed by atoms with Crippen LogP contribution in [0.25, 0.3) is 0 Å². The van der Waals surface area contributed by atoms with E-state index in [0.29, 0.717) is 0 Å². The number of nitrogens with one attached hydrogen (secondary N) is 1. The van der Waals surface area contributed by atoms with Crippen LogP contribution in [0.4, 0.5) is 0 Å². The molecule has 0 saturated heterocycles. The van der Waals surface area contributed by atoms with Crippen molar-refractivity contribution in [2.24, 2.45) is 0 Å². The van der Waals surface area contributed by atoms with Crippen LogP contribution in [0, 0.1) is 0 Å². The zero-order valence-corrected chi connectivity index (χ0v) is 15.6. The van der Waals surface area contributed by atoms with Gasteiger partial charge in [-0.15, -0.1) is 11.3 Å². The van der Waals surface area contributed by atoms with Crippen molar-refractivity contribution in [1.29, 1.82) is 0 Å². The van der Waals surface area contributed by atoms with Gasteiger partial charge in [-0.05, 0) is 47.5 Å². The van der Waals surface area contributed by atoms with Crippen molar-refractivity contribution in [3.63, 3.8) is 0 Å². The van der Waals surface area contributed by atoms with Gasteiger partial charge >= 0.3 is 0 Å². The van der Waals surface area contributed by atoms with Gasteiger partial charge in [0.25, 0.3) is 0 Å². The number of thiazole rings is 1. The molecule has 3 nitrogen and oxygen atoms in total. The second-order valence-corrected chi connectivity index (χ2v) is 7.84. The molecule has 0 aliphatic heterocycles. The number of nitrogens with zero attached hydrogens (tertiary/aromatic N) is 1. The van der Waals surface area contributed by atoms with Crippen molar-refractivity contribution in [2.45, 2.75) is 85.4 Å². The summed E-state index contributed by atoms with van der Waals surface area (Å²) in [5, 5.41) is 4.71. The average molecular weight is 313 g/mol. The largest absolute Gasteiger partial charge is 0.368 e. The number of hydrogen-bond acceptors (Lipinski definition) is 4. The Morgan fingerprint density at radius 3 is 2.29 bits per heavy atom. The summed E-state index contributed by atoms with van der Waals surface area (Å²) in [6.07, 6.45) is 3.12. The highest BCUT2D eigenvalue weighted by Crippen LogP contribution is 2.34. The van der Waals surface area contributed by atoms with E-state index in [2.05, 4.69) is 53.8 Å². The van der Waals surface area contributed by atoms with Gasteiger partial charge in [-0.25, -0.2) is 4.98 Å². The van der Waals surface area contributed by atoms with E-state index in [9.17, 15) is 0 Å². The first-order chi connectivity index (χ1) is 9.75. The van der Waals surface area contributed by atoms with Crippen LogP contribution in [-0.2, 0) is 23.3 Å². The maximum atomic E-state index is 5.98. The molecule has 1 aromatic heterocycles. The van der Waals surface area contributed by atoms with E-state index in [1.165, 1.54) is 10.6 Å². The lowest BCUT2D eigenvalue weighted by Gasteiger charge is -2.25. The predicted molar refractivity (Wildman–Crippen MR) is 92.0 cm³/mol. The van der Waals surface area contributed by atoms with Crippen LogP contribution in [0.3, 0.4) is 0 Å². The summed E-state index contributed by atoms with van der Waals surface area (Å²) in [7, 11) is 0. The van der Waals surface area contributed by atoms with Gasteiger partial charge in [0.2, 0.25) is 0 Å². The monoisotopic (exact) mass is 312 g/mol. The first-order valence-electron chi connectivity index (χ1n) is 8.13. The highest BCUT2D eigenvalue weighted by molar-refractivity contribution is 7.11. The molecule has 1 aromatic rings. The lowest BCUT2D eigenvalue weighted by molar-refractivity contribution is -0.0325. The Hall–Kier alpha value is -0.450. The fourth-order valence-electron chi connectivity index (χ4n) is 2.16. The summed E-state index contributed by atoms with van der Waals surface area (Å²) in [6.45, 7) is 16.8. The Balaban J connectivity index is 3.02. The lowest BCUT2D eigenvalue weighted by Crippen LogP contribution is -2.35. The van der Waals surface area contributed by atoms with Crippen LogP contribution in [0.1, 0.15) is 76.9 Å². The number of rotatable bonds is 8. The predicted octanol–water partition coefficient (Wildman–Crippen LogP) is 4.65. The maximum absolute atomic E-state index is 5.98. The van der Waals surface area contributed by atoms with E-state index in [4.69, 9.17) is 9.72 Å². The van der Waals surface area contributed by atoms with Crippen molar-refractivity contribution in [1.82, 2.24) is 10.3 Å². The molecular formula is C17H32N2OS. The molecule has 0 aliphatic carbocycles. The third-order valence-corrected chi connectivity index (χ3v) is 4.98. The van der Waals surface area contributed by atoms with Gasteiger partial charge in [-0.2, -0.15) is 0 Å². The van der Waals surface area contributed by atoms with E-state index in [1.54, 1.807) is 0 Å². The van der Waals surface area contributed by atoms with Crippen LogP contribution < -0.4 is 5.32 Å². The molecule has 0 radical (unpaired) electrons. The van der Waals surface area contributed by atoms with Gasteiger partial charge in [0, 0.05) is 23.6 Å². The molecule has 21 heavy (non-hydrogen) atoms. The van der Waals surface area contributed by atoms with E-state index >= 15 is 0 Å². The van der Waals surface area contributed by atoms with Gasteiger partial charge in [0.05, 0.1) is 5.69 Å². The van der Waals surface area contributed by atoms with Crippen LogP contribution in [-0.4, -0.2) is 17.1 Å². The van der Waals surface area contributed by atoms with Crippen LogP contribution in [0.5, 0.6) is 0 Å².